The number of nitrogens with one attached hydrogen (secondary N) is 1. The Bertz CT molecular complexity index is 285. The zero-order valence-electron chi connectivity index (χ0n) is 10.6. The van der Waals surface area contributed by atoms with Crippen LogP contribution >= 0.6 is 0 Å². The third kappa shape index (κ3) is 2.17. The Labute approximate surface area is 97.3 Å². The number of carbonyl (C=O) groups is 1. The molecule has 1 amide bonds. The van der Waals surface area contributed by atoms with E-state index in [0.29, 0.717) is 18.0 Å². The summed E-state index contributed by atoms with van der Waals surface area (Å²) in [6.07, 6.45) is 0.938. The molecule has 4 heteroatoms. The minimum atomic E-state index is -0.402. The summed E-state index contributed by atoms with van der Waals surface area (Å²) < 4.78 is 5.46. The molecule has 92 valence electrons. The first-order valence-corrected chi connectivity index (χ1v) is 6.10. The quantitative estimate of drug-likeness (QED) is 0.682. The molecular weight excluding hydrogens is 204 g/mol. The van der Waals surface area contributed by atoms with Crippen LogP contribution in [0.5, 0.6) is 0 Å². The Hall–Kier alpha value is -0.770. The molecule has 0 spiro atoms. The van der Waals surface area contributed by atoms with Gasteiger partial charge in [0.05, 0.1) is 6.04 Å². The number of rotatable bonds is 0. The summed E-state index contributed by atoms with van der Waals surface area (Å²) in [5, 5.41) is 3.34. The van der Waals surface area contributed by atoms with Crippen molar-refractivity contribution in [3.05, 3.63) is 0 Å². The van der Waals surface area contributed by atoms with Gasteiger partial charge in [0.25, 0.3) is 0 Å². The van der Waals surface area contributed by atoms with E-state index in [0.717, 1.165) is 19.5 Å². The van der Waals surface area contributed by atoms with Crippen molar-refractivity contribution < 1.29 is 9.53 Å². The predicted molar refractivity (Wildman–Crippen MR) is 62.3 cm³/mol. The number of likely N-dealkylation sites (tertiary alicyclic amines) is 1. The summed E-state index contributed by atoms with van der Waals surface area (Å²) >= 11 is 0. The van der Waals surface area contributed by atoms with E-state index in [9.17, 15) is 4.79 Å². The lowest BCUT2D eigenvalue weighted by Crippen LogP contribution is -2.45. The van der Waals surface area contributed by atoms with Crippen LogP contribution in [0.3, 0.4) is 0 Å². The highest BCUT2D eigenvalue weighted by atomic mass is 16.6. The van der Waals surface area contributed by atoms with Crippen molar-refractivity contribution in [1.82, 2.24) is 10.2 Å². The average molecular weight is 226 g/mol. The van der Waals surface area contributed by atoms with Gasteiger partial charge < -0.3 is 15.0 Å². The van der Waals surface area contributed by atoms with Gasteiger partial charge >= 0.3 is 6.09 Å². The van der Waals surface area contributed by atoms with Crippen molar-refractivity contribution in [2.24, 2.45) is 5.92 Å². The van der Waals surface area contributed by atoms with Crippen LogP contribution in [-0.2, 0) is 4.74 Å². The molecule has 3 atom stereocenters. The lowest BCUT2D eigenvalue weighted by molar-refractivity contribution is 0.0163. The molecule has 0 bridgehead atoms. The molecule has 0 aromatic rings. The minimum absolute atomic E-state index is 0.156. The molecule has 0 aromatic carbocycles. The molecule has 2 heterocycles. The summed E-state index contributed by atoms with van der Waals surface area (Å²) in [5.41, 5.74) is -0.402. The molecule has 2 aliphatic heterocycles. The number of nitrogens with zero attached hydrogens (tertiary/aromatic N) is 1. The molecule has 2 fully saturated rings. The van der Waals surface area contributed by atoms with Crippen molar-refractivity contribution in [2.45, 2.75) is 51.8 Å². The molecule has 0 aromatic heterocycles. The Balaban J connectivity index is 2.05. The summed E-state index contributed by atoms with van der Waals surface area (Å²) in [6.45, 7) is 9.80. The molecule has 1 N–H and O–H groups in total. The second kappa shape index (κ2) is 3.91. The largest absolute Gasteiger partial charge is 0.444 e. The molecule has 2 aliphatic rings. The number of hydrogen-bond donors (Lipinski definition) is 1. The standard InChI is InChI=1S/C12H22N2O2/c1-8-5-9-6-13-7-10(9)14(8)11(15)16-12(2,3)4/h8-10,13H,5-7H2,1-4H3. The van der Waals surface area contributed by atoms with Gasteiger partial charge in [-0.1, -0.05) is 0 Å². The highest BCUT2D eigenvalue weighted by molar-refractivity contribution is 5.69. The number of ether oxygens (including phenoxy) is 1. The third-order valence-corrected chi connectivity index (χ3v) is 3.38. The van der Waals surface area contributed by atoms with Gasteiger partial charge in [-0.3, -0.25) is 0 Å². The maximum Gasteiger partial charge on any atom is 0.410 e. The zero-order chi connectivity index (χ0) is 11.9. The van der Waals surface area contributed by atoms with E-state index in [1.807, 2.05) is 25.7 Å². The Morgan fingerprint density at radius 1 is 1.38 bits per heavy atom. The van der Waals surface area contributed by atoms with Gasteiger partial charge in [-0.15, -0.1) is 0 Å². The van der Waals surface area contributed by atoms with Crippen LogP contribution in [0.1, 0.15) is 34.1 Å². The normalized spacial score (nSPS) is 34.0. The topological polar surface area (TPSA) is 41.6 Å². The number of carbonyl (C=O) groups excluding carboxylic acids is 1. The fourth-order valence-electron chi connectivity index (χ4n) is 2.79. The van der Waals surface area contributed by atoms with Gasteiger partial charge in [-0.2, -0.15) is 0 Å². The van der Waals surface area contributed by atoms with Crippen molar-refractivity contribution >= 4 is 6.09 Å². The molecule has 0 saturated carbocycles. The van der Waals surface area contributed by atoms with Crippen molar-refractivity contribution in [3.8, 4) is 0 Å². The van der Waals surface area contributed by atoms with E-state index >= 15 is 0 Å². The van der Waals surface area contributed by atoms with E-state index in [4.69, 9.17) is 4.74 Å². The van der Waals surface area contributed by atoms with Gasteiger partial charge in [0.15, 0.2) is 0 Å². The van der Waals surface area contributed by atoms with Crippen LogP contribution < -0.4 is 5.32 Å². The monoisotopic (exact) mass is 226 g/mol. The first-order valence-electron chi connectivity index (χ1n) is 6.10. The van der Waals surface area contributed by atoms with Crippen LogP contribution in [0.4, 0.5) is 4.79 Å². The number of hydrogen-bond acceptors (Lipinski definition) is 3. The average Bonchev–Trinajstić information content (AvgIpc) is 2.58. The van der Waals surface area contributed by atoms with E-state index < -0.39 is 5.60 Å². The first kappa shape index (κ1) is 11.7. The summed E-state index contributed by atoms with van der Waals surface area (Å²) in [5.74, 6) is 0.613. The lowest BCUT2D eigenvalue weighted by Gasteiger charge is -2.30. The van der Waals surface area contributed by atoms with Gasteiger partial charge in [0, 0.05) is 19.1 Å². The van der Waals surface area contributed by atoms with Gasteiger partial charge in [-0.25, -0.2) is 4.79 Å². The maximum atomic E-state index is 12.1. The van der Waals surface area contributed by atoms with E-state index in [1.165, 1.54) is 0 Å². The molecule has 0 radical (unpaired) electrons. The summed E-state index contributed by atoms with van der Waals surface area (Å²) in [4.78, 5) is 14.0. The molecule has 4 nitrogen and oxygen atoms in total. The molecule has 2 rings (SSSR count). The maximum absolute atomic E-state index is 12.1. The number of fused-ring (bicyclic) bond motifs is 1. The molecule has 3 unspecified atom stereocenters. The first-order chi connectivity index (χ1) is 7.38. The van der Waals surface area contributed by atoms with Gasteiger partial charge in [0.1, 0.15) is 5.60 Å². The third-order valence-electron chi connectivity index (χ3n) is 3.38. The smallest absolute Gasteiger partial charge is 0.410 e. The van der Waals surface area contributed by atoms with Crippen LogP contribution in [0.2, 0.25) is 0 Å². The highest BCUT2D eigenvalue weighted by Crippen LogP contribution is 2.33. The summed E-state index contributed by atoms with van der Waals surface area (Å²) in [6, 6.07) is 0.650. The van der Waals surface area contributed by atoms with Gasteiger partial charge in [0.2, 0.25) is 0 Å². The molecule has 2 saturated heterocycles. The van der Waals surface area contributed by atoms with E-state index in [1.54, 1.807) is 0 Å². The Morgan fingerprint density at radius 2 is 2.06 bits per heavy atom. The number of amides is 1. The fourth-order valence-corrected chi connectivity index (χ4v) is 2.79. The molecule has 16 heavy (non-hydrogen) atoms. The van der Waals surface area contributed by atoms with Crippen molar-refractivity contribution in [2.75, 3.05) is 13.1 Å². The Kier molecular flexibility index (Phi) is 2.86. The second-order valence-electron chi connectivity index (χ2n) is 5.96. The van der Waals surface area contributed by atoms with Gasteiger partial charge in [-0.05, 0) is 40.0 Å². The summed E-state index contributed by atoms with van der Waals surface area (Å²) in [7, 11) is 0. The van der Waals surface area contributed by atoms with E-state index in [-0.39, 0.29) is 6.09 Å². The molecular formula is C12H22N2O2. The second-order valence-corrected chi connectivity index (χ2v) is 5.96. The SMILES string of the molecule is CC1CC2CNCC2N1C(=O)OC(C)(C)C. The van der Waals surface area contributed by atoms with Crippen molar-refractivity contribution in [1.29, 1.82) is 0 Å². The Morgan fingerprint density at radius 3 is 2.69 bits per heavy atom. The fraction of sp³-hybridized carbons (Fsp3) is 0.917. The van der Waals surface area contributed by atoms with E-state index in [2.05, 4.69) is 12.2 Å². The van der Waals surface area contributed by atoms with Crippen LogP contribution in [0.25, 0.3) is 0 Å². The predicted octanol–water partition coefficient (Wildman–Crippen LogP) is 1.60. The highest BCUT2D eigenvalue weighted by Gasteiger charge is 2.45. The zero-order valence-corrected chi connectivity index (χ0v) is 10.6. The lowest BCUT2D eigenvalue weighted by atomic mass is 10.0. The molecule has 0 aliphatic carbocycles. The van der Waals surface area contributed by atoms with Crippen LogP contribution in [0, 0.1) is 5.92 Å². The van der Waals surface area contributed by atoms with Crippen LogP contribution in [0.15, 0.2) is 0 Å². The van der Waals surface area contributed by atoms with Crippen LogP contribution in [-0.4, -0.2) is 41.8 Å². The minimum Gasteiger partial charge on any atom is -0.444 e. The van der Waals surface area contributed by atoms with Crippen molar-refractivity contribution in [3.63, 3.8) is 0 Å².